The quantitative estimate of drug-likeness (QED) is 0.896. The lowest BCUT2D eigenvalue weighted by atomic mass is 10.1. The van der Waals surface area contributed by atoms with Gasteiger partial charge >= 0.3 is 5.97 Å². The van der Waals surface area contributed by atoms with Crippen LogP contribution in [0.25, 0.3) is 0 Å². The van der Waals surface area contributed by atoms with Crippen LogP contribution in [0.4, 0.5) is 0 Å². The molecule has 0 radical (unpaired) electrons. The number of carbonyl (C=O) groups is 1. The predicted octanol–water partition coefficient (Wildman–Crippen LogP) is 1.79. The minimum absolute atomic E-state index is 0.259. The lowest BCUT2D eigenvalue weighted by Gasteiger charge is -2.42. The van der Waals surface area contributed by atoms with Crippen molar-refractivity contribution in [2.24, 2.45) is 0 Å². The highest BCUT2D eigenvalue weighted by atomic mass is 16.5. The van der Waals surface area contributed by atoms with E-state index >= 15 is 0 Å². The summed E-state index contributed by atoms with van der Waals surface area (Å²) in [7, 11) is 2.17. The van der Waals surface area contributed by atoms with Gasteiger partial charge in [-0.2, -0.15) is 0 Å². The maximum atomic E-state index is 10.9. The zero-order valence-electron chi connectivity index (χ0n) is 13.0. The fraction of sp³-hybridized carbons (Fsp3) is 0.562. The molecule has 0 saturated carbocycles. The Morgan fingerprint density at radius 3 is 2.62 bits per heavy atom. The monoisotopic (exact) mass is 292 g/mol. The van der Waals surface area contributed by atoms with Gasteiger partial charge in [0.05, 0.1) is 5.56 Å². The number of nitrogens with zero attached hydrogens (tertiary/aromatic N) is 2. The minimum atomic E-state index is -0.929. The summed E-state index contributed by atoms with van der Waals surface area (Å²) >= 11 is 0. The molecule has 5 heteroatoms. The molecule has 0 amide bonds. The summed E-state index contributed by atoms with van der Waals surface area (Å²) in [5.74, 6) is -0.313. The Balaban J connectivity index is 1.82. The van der Waals surface area contributed by atoms with Crippen molar-refractivity contribution in [2.75, 3.05) is 33.3 Å². The fourth-order valence-corrected chi connectivity index (χ4v) is 2.71. The number of carboxylic acids is 1. The van der Waals surface area contributed by atoms with E-state index in [1.807, 2.05) is 0 Å². The molecule has 1 heterocycles. The summed E-state index contributed by atoms with van der Waals surface area (Å²) in [6.07, 6.45) is 0. The summed E-state index contributed by atoms with van der Waals surface area (Å²) in [6.45, 7) is 7.99. The van der Waals surface area contributed by atoms with Gasteiger partial charge in [-0.3, -0.25) is 9.80 Å². The summed E-state index contributed by atoms with van der Waals surface area (Å²) < 4.78 is 5.68. The molecule has 2 unspecified atom stereocenters. The Labute approximate surface area is 126 Å². The molecule has 0 bridgehead atoms. The Morgan fingerprint density at radius 2 is 2.00 bits per heavy atom. The first-order valence-electron chi connectivity index (χ1n) is 7.38. The number of hydrogen-bond acceptors (Lipinski definition) is 4. The molecule has 2 rings (SSSR count). The van der Waals surface area contributed by atoms with Crippen LogP contribution in [0.5, 0.6) is 5.75 Å². The summed E-state index contributed by atoms with van der Waals surface area (Å²) in [5, 5.41) is 8.95. The Kier molecular flexibility index (Phi) is 5.20. The molecule has 1 N–H and O–H groups in total. The normalized spacial score (nSPS) is 24.0. The molecule has 116 valence electrons. The molecular weight excluding hydrogens is 268 g/mol. The van der Waals surface area contributed by atoms with Crippen molar-refractivity contribution < 1.29 is 14.6 Å². The maximum Gasteiger partial charge on any atom is 0.335 e. The number of ether oxygens (including phenoxy) is 1. The second-order valence-electron chi connectivity index (χ2n) is 5.80. The molecule has 2 atom stereocenters. The van der Waals surface area contributed by atoms with Gasteiger partial charge in [-0.05, 0) is 39.1 Å². The van der Waals surface area contributed by atoms with Crippen molar-refractivity contribution in [3.8, 4) is 5.75 Å². The predicted molar refractivity (Wildman–Crippen MR) is 82.0 cm³/mol. The van der Waals surface area contributed by atoms with Crippen LogP contribution in [0.2, 0.25) is 0 Å². The topological polar surface area (TPSA) is 53.0 Å². The van der Waals surface area contributed by atoms with Crippen molar-refractivity contribution in [1.82, 2.24) is 9.80 Å². The molecule has 0 spiro atoms. The zero-order valence-corrected chi connectivity index (χ0v) is 13.0. The SMILES string of the molecule is CC1CN(CCOc2cccc(C(=O)O)c2)CC(C)N1C. The molecular formula is C16H24N2O3. The third-order valence-corrected chi connectivity index (χ3v) is 4.19. The standard InChI is InChI=1S/C16H24N2O3/c1-12-10-18(11-13(2)17(12)3)7-8-21-15-6-4-5-14(9-15)16(19)20/h4-6,9,12-13H,7-8,10-11H2,1-3H3,(H,19,20). The van der Waals surface area contributed by atoms with Gasteiger partial charge in [-0.1, -0.05) is 6.07 Å². The van der Waals surface area contributed by atoms with Crippen LogP contribution in [-0.2, 0) is 0 Å². The van der Waals surface area contributed by atoms with E-state index in [0.29, 0.717) is 24.4 Å². The third kappa shape index (κ3) is 4.19. The van der Waals surface area contributed by atoms with Gasteiger partial charge in [0, 0.05) is 31.7 Å². The highest BCUT2D eigenvalue weighted by Crippen LogP contribution is 2.15. The molecule has 1 saturated heterocycles. The van der Waals surface area contributed by atoms with E-state index in [1.165, 1.54) is 0 Å². The number of rotatable bonds is 5. The van der Waals surface area contributed by atoms with Crippen LogP contribution >= 0.6 is 0 Å². The minimum Gasteiger partial charge on any atom is -0.492 e. The number of carboxylic acid groups (broad SMARTS) is 1. The van der Waals surface area contributed by atoms with Crippen LogP contribution in [0, 0.1) is 0 Å². The molecule has 0 aliphatic carbocycles. The van der Waals surface area contributed by atoms with E-state index in [0.717, 1.165) is 19.6 Å². The molecule has 0 aromatic heterocycles. The van der Waals surface area contributed by atoms with Crippen LogP contribution < -0.4 is 4.74 Å². The van der Waals surface area contributed by atoms with Gasteiger partial charge in [0.15, 0.2) is 0 Å². The number of piperazine rings is 1. The third-order valence-electron chi connectivity index (χ3n) is 4.19. The number of hydrogen-bond donors (Lipinski definition) is 1. The molecule has 1 aliphatic heterocycles. The highest BCUT2D eigenvalue weighted by Gasteiger charge is 2.25. The Morgan fingerprint density at radius 1 is 1.33 bits per heavy atom. The largest absolute Gasteiger partial charge is 0.492 e. The summed E-state index contributed by atoms with van der Waals surface area (Å²) in [6, 6.07) is 7.73. The van der Waals surface area contributed by atoms with Crippen molar-refractivity contribution >= 4 is 5.97 Å². The Hall–Kier alpha value is -1.59. The van der Waals surface area contributed by atoms with Gasteiger partial charge in [-0.25, -0.2) is 4.79 Å². The summed E-state index contributed by atoms with van der Waals surface area (Å²) in [5.41, 5.74) is 0.259. The summed E-state index contributed by atoms with van der Waals surface area (Å²) in [4.78, 5) is 15.7. The molecule has 1 aromatic carbocycles. The van der Waals surface area contributed by atoms with Crippen molar-refractivity contribution in [1.29, 1.82) is 0 Å². The van der Waals surface area contributed by atoms with Gasteiger partial charge in [-0.15, -0.1) is 0 Å². The van der Waals surface area contributed by atoms with Crippen LogP contribution in [0.3, 0.4) is 0 Å². The first-order chi connectivity index (χ1) is 9.97. The maximum absolute atomic E-state index is 10.9. The first kappa shape index (κ1) is 15.8. The molecule has 1 aromatic rings. The number of aromatic carboxylic acids is 1. The van der Waals surface area contributed by atoms with E-state index < -0.39 is 5.97 Å². The lowest BCUT2D eigenvalue weighted by molar-refractivity contribution is 0.0522. The van der Waals surface area contributed by atoms with E-state index in [2.05, 4.69) is 30.7 Å². The fourth-order valence-electron chi connectivity index (χ4n) is 2.71. The molecule has 1 fully saturated rings. The van der Waals surface area contributed by atoms with E-state index in [9.17, 15) is 4.79 Å². The second-order valence-corrected chi connectivity index (χ2v) is 5.80. The molecule has 5 nitrogen and oxygen atoms in total. The van der Waals surface area contributed by atoms with Crippen LogP contribution in [-0.4, -0.2) is 66.2 Å². The van der Waals surface area contributed by atoms with E-state index in [-0.39, 0.29) is 5.56 Å². The average Bonchev–Trinajstić information content (AvgIpc) is 2.45. The lowest BCUT2D eigenvalue weighted by Crippen LogP contribution is -2.55. The van der Waals surface area contributed by atoms with Crippen LogP contribution in [0.15, 0.2) is 24.3 Å². The highest BCUT2D eigenvalue weighted by molar-refractivity contribution is 5.87. The molecule has 1 aliphatic rings. The van der Waals surface area contributed by atoms with Crippen LogP contribution in [0.1, 0.15) is 24.2 Å². The smallest absolute Gasteiger partial charge is 0.335 e. The van der Waals surface area contributed by atoms with Crippen molar-refractivity contribution in [2.45, 2.75) is 25.9 Å². The van der Waals surface area contributed by atoms with Gasteiger partial charge in [0.25, 0.3) is 0 Å². The number of benzene rings is 1. The van der Waals surface area contributed by atoms with E-state index in [4.69, 9.17) is 9.84 Å². The van der Waals surface area contributed by atoms with Crippen molar-refractivity contribution in [3.05, 3.63) is 29.8 Å². The van der Waals surface area contributed by atoms with Crippen molar-refractivity contribution in [3.63, 3.8) is 0 Å². The van der Waals surface area contributed by atoms with Gasteiger partial charge in [0.1, 0.15) is 12.4 Å². The first-order valence-corrected chi connectivity index (χ1v) is 7.38. The Bertz CT molecular complexity index is 480. The average molecular weight is 292 g/mol. The zero-order chi connectivity index (χ0) is 15.4. The molecule has 21 heavy (non-hydrogen) atoms. The van der Waals surface area contributed by atoms with Gasteiger partial charge in [0.2, 0.25) is 0 Å². The second kappa shape index (κ2) is 6.91. The number of likely N-dealkylation sites (N-methyl/N-ethyl adjacent to an activating group) is 1. The van der Waals surface area contributed by atoms with Gasteiger partial charge < -0.3 is 9.84 Å². The van der Waals surface area contributed by atoms with E-state index in [1.54, 1.807) is 24.3 Å².